The number of nitrogens with one attached hydrogen (secondary N) is 2. The van der Waals surface area contributed by atoms with Crippen molar-refractivity contribution in [3.05, 3.63) is 29.6 Å². The van der Waals surface area contributed by atoms with Crippen molar-refractivity contribution in [3.63, 3.8) is 0 Å². The van der Waals surface area contributed by atoms with E-state index in [1.165, 1.54) is 5.06 Å². The van der Waals surface area contributed by atoms with Crippen molar-refractivity contribution in [2.75, 3.05) is 26.2 Å². The van der Waals surface area contributed by atoms with E-state index in [0.29, 0.717) is 13.1 Å². The number of hydrogen-bond donors (Lipinski definition) is 3. The number of rotatable bonds is 0. The Morgan fingerprint density at radius 2 is 1.94 bits per heavy atom. The topological polar surface area (TPSA) is 60.4 Å². The van der Waals surface area contributed by atoms with Crippen LogP contribution in [0.4, 0.5) is 0 Å². The summed E-state index contributed by atoms with van der Waals surface area (Å²) in [6.45, 7) is 4.49. The molecule has 1 aliphatic heterocycles. The van der Waals surface area contributed by atoms with Crippen molar-refractivity contribution >= 4 is 0 Å². The van der Waals surface area contributed by atoms with Crippen LogP contribution in [0.3, 0.4) is 0 Å². The van der Waals surface area contributed by atoms with E-state index in [9.17, 15) is 5.21 Å². The zero-order valence-corrected chi connectivity index (χ0v) is 9.32. The largest absolute Gasteiger partial charge is 0.314 e. The van der Waals surface area contributed by atoms with Crippen molar-refractivity contribution in [1.82, 2.24) is 20.7 Å². The Labute approximate surface area is 95.4 Å². The standard InChI is InChI=1S/C11H18N4O/c16-15-7-6-12-4-5-13-8-10-2-1-3-11(9-15)14-10/h1-3,12-13,16H,4-9H2. The fourth-order valence-corrected chi connectivity index (χ4v) is 1.71. The fraction of sp³-hybridized carbons (Fsp3) is 0.545. The van der Waals surface area contributed by atoms with Crippen molar-refractivity contribution in [2.24, 2.45) is 0 Å². The van der Waals surface area contributed by atoms with E-state index in [1.54, 1.807) is 0 Å². The van der Waals surface area contributed by atoms with Crippen LogP contribution >= 0.6 is 0 Å². The summed E-state index contributed by atoms with van der Waals surface area (Å²) in [5.41, 5.74) is 1.92. The van der Waals surface area contributed by atoms with Crippen LogP contribution in [-0.4, -0.2) is 41.4 Å². The summed E-state index contributed by atoms with van der Waals surface area (Å²) in [7, 11) is 0. The Kier molecular flexibility index (Phi) is 4.24. The predicted octanol–water partition coefficient (Wildman–Crippen LogP) is -0.0344. The van der Waals surface area contributed by atoms with E-state index < -0.39 is 0 Å². The molecule has 88 valence electrons. The van der Waals surface area contributed by atoms with Gasteiger partial charge in [-0.15, -0.1) is 0 Å². The molecule has 2 bridgehead atoms. The van der Waals surface area contributed by atoms with Gasteiger partial charge in [-0.2, -0.15) is 5.06 Å². The average molecular weight is 222 g/mol. The van der Waals surface area contributed by atoms with Gasteiger partial charge in [0.25, 0.3) is 0 Å². The molecule has 1 aromatic heterocycles. The number of pyridine rings is 1. The number of nitrogens with zero attached hydrogens (tertiary/aromatic N) is 2. The van der Waals surface area contributed by atoms with Crippen LogP contribution in [-0.2, 0) is 13.1 Å². The molecule has 0 spiro atoms. The highest BCUT2D eigenvalue weighted by molar-refractivity contribution is 5.11. The maximum atomic E-state index is 9.65. The molecule has 0 fully saturated rings. The molecule has 0 saturated heterocycles. The average Bonchev–Trinajstić information content (AvgIpc) is 2.27. The summed E-state index contributed by atoms with van der Waals surface area (Å²) >= 11 is 0. The van der Waals surface area contributed by atoms with E-state index in [2.05, 4.69) is 15.6 Å². The van der Waals surface area contributed by atoms with Gasteiger partial charge in [0, 0.05) is 32.7 Å². The molecule has 0 aromatic carbocycles. The van der Waals surface area contributed by atoms with Gasteiger partial charge >= 0.3 is 0 Å². The summed E-state index contributed by atoms with van der Waals surface area (Å²) < 4.78 is 0. The Bertz CT molecular complexity index is 332. The lowest BCUT2D eigenvalue weighted by atomic mass is 10.3. The molecule has 0 unspecified atom stereocenters. The van der Waals surface area contributed by atoms with E-state index in [-0.39, 0.29) is 0 Å². The maximum Gasteiger partial charge on any atom is 0.0662 e. The van der Waals surface area contributed by atoms with Crippen molar-refractivity contribution in [1.29, 1.82) is 0 Å². The molecule has 1 aliphatic rings. The minimum Gasteiger partial charge on any atom is -0.314 e. The molecule has 0 atom stereocenters. The number of fused-ring (bicyclic) bond motifs is 2. The van der Waals surface area contributed by atoms with Gasteiger partial charge in [-0.3, -0.25) is 4.98 Å². The first-order chi connectivity index (χ1) is 7.84. The first kappa shape index (κ1) is 11.5. The first-order valence-corrected chi connectivity index (χ1v) is 5.65. The number of aromatic nitrogens is 1. The SMILES string of the molecule is ON1CCNCCNCc2cccc(n2)C1. The molecule has 2 rings (SSSR count). The zero-order valence-electron chi connectivity index (χ0n) is 9.32. The monoisotopic (exact) mass is 222 g/mol. The normalized spacial score (nSPS) is 19.8. The Morgan fingerprint density at radius 1 is 1.12 bits per heavy atom. The molecule has 16 heavy (non-hydrogen) atoms. The van der Waals surface area contributed by atoms with Crippen LogP contribution in [0.25, 0.3) is 0 Å². The van der Waals surface area contributed by atoms with Crippen LogP contribution in [0.2, 0.25) is 0 Å². The molecule has 2 heterocycles. The first-order valence-electron chi connectivity index (χ1n) is 5.65. The minimum atomic E-state index is 0.482. The van der Waals surface area contributed by atoms with Gasteiger partial charge < -0.3 is 15.8 Å². The van der Waals surface area contributed by atoms with Gasteiger partial charge in [0.05, 0.1) is 17.9 Å². The third-order valence-corrected chi connectivity index (χ3v) is 2.54. The van der Waals surface area contributed by atoms with Crippen LogP contribution in [0, 0.1) is 0 Å². The summed E-state index contributed by atoms with van der Waals surface area (Å²) in [5, 5.41) is 17.5. The number of hydrogen-bond acceptors (Lipinski definition) is 5. The minimum absolute atomic E-state index is 0.482. The molecular formula is C11H18N4O. The molecule has 5 nitrogen and oxygen atoms in total. The van der Waals surface area contributed by atoms with Crippen LogP contribution in [0.1, 0.15) is 11.4 Å². The predicted molar refractivity (Wildman–Crippen MR) is 61.0 cm³/mol. The molecular weight excluding hydrogens is 204 g/mol. The highest BCUT2D eigenvalue weighted by atomic mass is 16.5. The lowest BCUT2D eigenvalue weighted by molar-refractivity contribution is -0.0986. The molecule has 0 saturated carbocycles. The second kappa shape index (κ2) is 5.91. The van der Waals surface area contributed by atoms with Crippen molar-refractivity contribution < 1.29 is 5.21 Å². The molecule has 5 heteroatoms. The van der Waals surface area contributed by atoms with E-state index >= 15 is 0 Å². The van der Waals surface area contributed by atoms with Gasteiger partial charge in [-0.1, -0.05) is 6.07 Å². The Morgan fingerprint density at radius 3 is 2.88 bits per heavy atom. The third-order valence-electron chi connectivity index (χ3n) is 2.54. The Hall–Kier alpha value is -1.01. The lowest BCUT2D eigenvalue weighted by Gasteiger charge is -2.16. The number of hydroxylamine groups is 2. The fourth-order valence-electron chi connectivity index (χ4n) is 1.71. The van der Waals surface area contributed by atoms with Crippen molar-refractivity contribution in [3.8, 4) is 0 Å². The molecule has 0 amide bonds. The van der Waals surface area contributed by atoms with E-state index in [0.717, 1.165) is 37.6 Å². The smallest absolute Gasteiger partial charge is 0.0662 e. The molecule has 3 N–H and O–H groups in total. The van der Waals surface area contributed by atoms with Gasteiger partial charge in [-0.25, -0.2) is 0 Å². The summed E-state index contributed by atoms with van der Waals surface area (Å²) in [6, 6.07) is 5.92. The van der Waals surface area contributed by atoms with E-state index in [4.69, 9.17) is 0 Å². The van der Waals surface area contributed by atoms with E-state index in [1.807, 2.05) is 18.2 Å². The molecule has 0 radical (unpaired) electrons. The highest BCUT2D eigenvalue weighted by Gasteiger charge is 2.05. The summed E-state index contributed by atoms with van der Waals surface area (Å²) in [6.07, 6.45) is 0. The third kappa shape index (κ3) is 3.53. The second-order valence-electron chi connectivity index (χ2n) is 3.94. The van der Waals surface area contributed by atoms with Crippen LogP contribution in [0.15, 0.2) is 18.2 Å². The van der Waals surface area contributed by atoms with Gasteiger partial charge in [-0.05, 0) is 12.1 Å². The second-order valence-corrected chi connectivity index (χ2v) is 3.94. The Balaban J connectivity index is 2.06. The van der Waals surface area contributed by atoms with Crippen molar-refractivity contribution in [2.45, 2.75) is 13.1 Å². The van der Waals surface area contributed by atoms with Crippen LogP contribution in [0.5, 0.6) is 0 Å². The highest BCUT2D eigenvalue weighted by Crippen LogP contribution is 2.02. The van der Waals surface area contributed by atoms with Gasteiger partial charge in [0.2, 0.25) is 0 Å². The summed E-state index contributed by atoms with van der Waals surface area (Å²) in [5.74, 6) is 0. The lowest BCUT2D eigenvalue weighted by Crippen LogP contribution is -2.34. The van der Waals surface area contributed by atoms with Gasteiger partial charge in [0.1, 0.15) is 0 Å². The zero-order chi connectivity index (χ0) is 11.2. The van der Waals surface area contributed by atoms with Crippen LogP contribution < -0.4 is 10.6 Å². The summed E-state index contributed by atoms with van der Waals surface area (Å²) in [4.78, 5) is 4.47. The van der Waals surface area contributed by atoms with Gasteiger partial charge in [0.15, 0.2) is 0 Å². The molecule has 1 aromatic rings. The molecule has 0 aliphatic carbocycles. The quantitative estimate of drug-likeness (QED) is 0.575. The maximum absolute atomic E-state index is 9.65.